The number of ether oxygens (including phenoxy) is 1. The van der Waals surface area contributed by atoms with Crippen LogP contribution in [0.3, 0.4) is 0 Å². The lowest BCUT2D eigenvalue weighted by Gasteiger charge is -2.50. The van der Waals surface area contributed by atoms with E-state index in [9.17, 15) is 4.79 Å². The van der Waals surface area contributed by atoms with Gasteiger partial charge in [0.15, 0.2) is 0 Å². The lowest BCUT2D eigenvalue weighted by molar-refractivity contribution is -0.127. The molecule has 0 bridgehead atoms. The van der Waals surface area contributed by atoms with Crippen LogP contribution in [0, 0.1) is 5.92 Å². The van der Waals surface area contributed by atoms with E-state index in [1.54, 1.807) is 0 Å². The fraction of sp³-hybridized carbons (Fsp3) is 0.650. The summed E-state index contributed by atoms with van der Waals surface area (Å²) in [5, 5.41) is 7.50. The van der Waals surface area contributed by atoms with E-state index in [4.69, 9.17) is 16.3 Å². The van der Waals surface area contributed by atoms with E-state index in [-0.39, 0.29) is 17.5 Å². The number of rotatable bonds is 5. The molecule has 4 nitrogen and oxygen atoms in total. The monoisotopic (exact) mass is 364 g/mol. The van der Waals surface area contributed by atoms with E-state index < -0.39 is 0 Å². The van der Waals surface area contributed by atoms with Gasteiger partial charge in [0.2, 0.25) is 5.91 Å². The van der Waals surface area contributed by atoms with Gasteiger partial charge in [0.1, 0.15) is 6.04 Å². The van der Waals surface area contributed by atoms with E-state index in [0.717, 1.165) is 61.6 Å². The maximum atomic E-state index is 12.8. The summed E-state index contributed by atoms with van der Waals surface area (Å²) in [6.45, 7) is 5.58. The van der Waals surface area contributed by atoms with Crippen LogP contribution in [-0.2, 0) is 9.53 Å². The van der Waals surface area contributed by atoms with Gasteiger partial charge < -0.3 is 15.4 Å². The van der Waals surface area contributed by atoms with Gasteiger partial charge in [0.25, 0.3) is 0 Å². The van der Waals surface area contributed by atoms with Crippen molar-refractivity contribution >= 4 is 17.5 Å². The molecule has 138 valence electrons. The second kappa shape index (κ2) is 7.96. The minimum Gasteiger partial charge on any atom is -0.381 e. The van der Waals surface area contributed by atoms with Crippen molar-refractivity contribution < 1.29 is 9.53 Å². The first-order chi connectivity index (χ1) is 12.0. The minimum atomic E-state index is -0.274. The number of allylic oxidation sites excluding steroid dienone is 5. The van der Waals surface area contributed by atoms with E-state index >= 15 is 0 Å². The lowest BCUT2D eigenvalue weighted by Crippen LogP contribution is -2.62. The molecule has 1 unspecified atom stereocenters. The number of carbonyl (C=O) groups is 1. The quantitative estimate of drug-likeness (QED) is 0.780. The van der Waals surface area contributed by atoms with Crippen LogP contribution in [0.4, 0.5) is 0 Å². The van der Waals surface area contributed by atoms with Crippen molar-refractivity contribution in [3.05, 3.63) is 34.5 Å². The Morgan fingerprint density at radius 3 is 2.68 bits per heavy atom. The summed E-state index contributed by atoms with van der Waals surface area (Å²) in [6.07, 6.45) is 12.3. The molecule has 1 saturated carbocycles. The molecule has 2 aliphatic carbocycles. The third kappa shape index (κ3) is 4.29. The Balaban J connectivity index is 1.60. The van der Waals surface area contributed by atoms with Gasteiger partial charge in [-0.15, -0.1) is 0 Å². The molecule has 0 aromatic rings. The van der Waals surface area contributed by atoms with Crippen molar-refractivity contribution in [1.82, 2.24) is 10.6 Å². The lowest BCUT2D eigenvalue weighted by atomic mass is 9.65. The predicted molar refractivity (Wildman–Crippen MR) is 101 cm³/mol. The standard InChI is InChI=1S/C20H29ClN2O2/c1-14-13-17(21)5-3-6-18(14)22-15(2)19(24)23-20(9-4-10-20)16-7-11-25-12-8-16/h5-6,13,15-16,22H,3-4,7-12H2,1-2H3,(H,23,24). The molecule has 1 heterocycles. The number of hydrogen-bond acceptors (Lipinski definition) is 3. The third-order valence-corrected chi connectivity index (χ3v) is 6.06. The van der Waals surface area contributed by atoms with Crippen LogP contribution in [0.1, 0.15) is 52.4 Å². The molecule has 1 saturated heterocycles. The number of nitrogens with one attached hydrogen (secondary N) is 2. The van der Waals surface area contributed by atoms with Gasteiger partial charge in [0.05, 0.1) is 0 Å². The number of amides is 1. The summed E-state index contributed by atoms with van der Waals surface area (Å²) in [7, 11) is 0. The molecule has 2 N–H and O–H groups in total. The fourth-order valence-electron chi connectivity index (χ4n) is 4.06. The summed E-state index contributed by atoms with van der Waals surface area (Å²) in [4.78, 5) is 12.8. The highest BCUT2D eigenvalue weighted by atomic mass is 35.5. The molecular formula is C20H29ClN2O2. The normalized spacial score (nSPS) is 24.8. The van der Waals surface area contributed by atoms with Gasteiger partial charge in [0, 0.05) is 29.5 Å². The molecule has 2 fully saturated rings. The molecule has 3 aliphatic rings. The Labute approximate surface area is 155 Å². The Morgan fingerprint density at radius 2 is 2.04 bits per heavy atom. The summed E-state index contributed by atoms with van der Waals surface area (Å²) < 4.78 is 5.49. The Hall–Kier alpha value is -1.26. The zero-order valence-electron chi connectivity index (χ0n) is 15.2. The molecule has 0 spiro atoms. The molecule has 5 heteroatoms. The van der Waals surface area contributed by atoms with Crippen molar-refractivity contribution in [1.29, 1.82) is 0 Å². The molecule has 0 aromatic carbocycles. The van der Waals surface area contributed by atoms with Crippen molar-refractivity contribution in [3.63, 3.8) is 0 Å². The maximum absolute atomic E-state index is 12.8. The smallest absolute Gasteiger partial charge is 0.242 e. The molecule has 1 amide bonds. The Kier molecular flexibility index (Phi) is 5.90. The van der Waals surface area contributed by atoms with Crippen LogP contribution in [0.25, 0.3) is 0 Å². The van der Waals surface area contributed by atoms with Crippen molar-refractivity contribution in [2.45, 2.75) is 64.0 Å². The first kappa shape index (κ1) is 18.5. The van der Waals surface area contributed by atoms with Gasteiger partial charge in [-0.2, -0.15) is 0 Å². The van der Waals surface area contributed by atoms with E-state index in [1.807, 2.05) is 26.0 Å². The van der Waals surface area contributed by atoms with Crippen LogP contribution in [0.2, 0.25) is 0 Å². The van der Waals surface area contributed by atoms with Gasteiger partial charge in [-0.05, 0) is 69.9 Å². The van der Waals surface area contributed by atoms with Gasteiger partial charge in [-0.3, -0.25) is 4.79 Å². The number of halogens is 1. The SMILES string of the molecule is CC1=CC(Cl)=CCC=C1NC(C)C(=O)NC1(C2CCOCC2)CCC1. The molecule has 0 aromatic heterocycles. The first-order valence-electron chi connectivity index (χ1n) is 9.41. The predicted octanol–water partition coefficient (Wildman–Crippen LogP) is 3.79. The summed E-state index contributed by atoms with van der Waals surface area (Å²) >= 11 is 6.11. The summed E-state index contributed by atoms with van der Waals surface area (Å²) in [6, 6.07) is -0.274. The highest BCUT2D eigenvalue weighted by molar-refractivity contribution is 6.31. The summed E-state index contributed by atoms with van der Waals surface area (Å²) in [5.74, 6) is 0.635. The van der Waals surface area contributed by atoms with E-state index in [1.165, 1.54) is 6.42 Å². The average Bonchev–Trinajstić information content (AvgIpc) is 2.72. The van der Waals surface area contributed by atoms with Gasteiger partial charge in [-0.1, -0.05) is 23.8 Å². The molecule has 25 heavy (non-hydrogen) atoms. The number of hydrogen-bond donors (Lipinski definition) is 2. The molecule has 1 aliphatic heterocycles. The largest absolute Gasteiger partial charge is 0.381 e. The van der Waals surface area contributed by atoms with Crippen LogP contribution in [-0.4, -0.2) is 30.7 Å². The molecular weight excluding hydrogens is 336 g/mol. The van der Waals surface area contributed by atoms with Gasteiger partial charge >= 0.3 is 0 Å². The average molecular weight is 365 g/mol. The second-order valence-corrected chi connectivity index (χ2v) is 7.96. The van der Waals surface area contributed by atoms with Crippen molar-refractivity contribution in [2.24, 2.45) is 5.92 Å². The van der Waals surface area contributed by atoms with Crippen molar-refractivity contribution in [2.75, 3.05) is 13.2 Å². The third-order valence-electron chi connectivity index (χ3n) is 5.80. The van der Waals surface area contributed by atoms with Crippen LogP contribution < -0.4 is 10.6 Å². The van der Waals surface area contributed by atoms with Gasteiger partial charge in [-0.25, -0.2) is 0 Å². The first-order valence-corrected chi connectivity index (χ1v) is 9.79. The Bertz CT molecular complexity index is 599. The number of carbonyl (C=O) groups excluding carboxylic acids is 1. The highest BCUT2D eigenvalue weighted by Crippen LogP contribution is 2.42. The van der Waals surface area contributed by atoms with Crippen LogP contribution >= 0.6 is 11.6 Å². The molecule has 0 radical (unpaired) electrons. The topological polar surface area (TPSA) is 50.4 Å². The van der Waals surface area contributed by atoms with E-state index in [2.05, 4.69) is 16.7 Å². The van der Waals surface area contributed by atoms with Crippen LogP contribution in [0.5, 0.6) is 0 Å². The Morgan fingerprint density at radius 1 is 1.32 bits per heavy atom. The zero-order valence-corrected chi connectivity index (χ0v) is 16.0. The van der Waals surface area contributed by atoms with Crippen LogP contribution in [0.15, 0.2) is 34.5 Å². The van der Waals surface area contributed by atoms with Crippen molar-refractivity contribution in [3.8, 4) is 0 Å². The minimum absolute atomic E-state index is 0.00954. The zero-order chi connectivity index (χ0) is 17.9. The van der Waals surface area contributed by atoms with E-state index in [0.29, 0.717) is 5.92 Å². The highest BCUT2D eigenvalue weighted by Gasteiger charge is 2.45. The summed E-state index contributed by atoms with van der Waals surface area (Å²) in [5.41, 5.74) is 2.04. The second-order valence-electron chi connectivity index (χ2n) is 7.52. The maximum Gasteiger partial charge on any atom is 0.242 e. The fourth-order valence-corrected chi connectivity index (χ4v) is 4.31. The molecule has 3 rings (SSSR count). The molecule has 1 atom stereocenters.